The molecular formula is C17H17N3O2S. The summed E-state index contributed by atoms with van der Waals surface area (Å²) in [7, 11) is 0. The predicted molar refractivity (Wildman–Crippen MR) is 91.4 cm³/mol. The van der Waals surface area contributed by atoms with Crippen LogP contribution in [0.4, 0.5) is 5.69 Å². The minimum Gasteiger partial charge on any atom is -0.462 e. The number of imidazole rings is 1. The number of thiazole rings is 1. The van der Waals surface area contributed by atoms with Gasteiger partial charge in [-0.3, -0.25) is 4.40 Å². The number of carbonyl (C=O) groups excluding carboxylic acids is 1. The molecule has 3 aromatic rings. The normalized spacial score (nSPS) is 13.1. The average Bonchev–Trinajstić information content (AvgIpc) is 3.22. The fourth-order valence-corrected chi connectivity index (χ4v) is 3.94. The van der Waals surface area contributed by atoms with Crippen LogP contribution in [-0.4, -0.2) is 28.5 Å². The molecule has 1 aliphatic heterocycles. The van der Waals surface area contributed by atoms with Crippen molar-refractivity contribution in [2.45, 2.75) is 20.3 Å². The number of hydrogen-bond donors (Lipinski definition) is 1. The van der Waals surface area contributed by atoms with E-state index in [9.17, 15) is 4.79 Å². The Bertz CT molecular complexity index is 910. The lowest BCUT2D eigenvalue weighted by Crippen LogP contribution is -2.04. The van der Waals surface area contributed by atoms with Crippen LogP contribution in [0.2, 0.25) is 0 Å². The molecule has 0 bridgehead atoms. The first kappa shape index (κ1) is 14.3. The summed E-state index contributed by atoms with van der Waals surface area (Å²) in [5.74, 6) is -0.273. The summed E-state index contributed by atoms with van der Waals surface area (Å²) in [6.07, 6.45) is 3.05. The Balaban J connectivity index is 1.74. The second-order valence-corrected chi connectivity index (χ2v) is 6.54. The molecule has 6 heteroatoms. The lowest BCUT2D eigenvalue weighted by Gasteiger charge is -2.02. The molecule has 1 N–H and O–H groups in total. The highest BCUT2D eigenvalue weighted by molar-refractivity contribution is 7.19. The molecule has 3 heterocycles. The lowest BCUT2D eigenvalue weighted by molar-refractivity contribution is 0.0531. The Kier molecular flexibility index (Phi) is 3.34. The number of nitrogens with zero attached hydrogens (tertiary/aromatic N) is 2. The van der Waals surface area contributed by atoms with E-state index in [1.54, 1.807) is 0 Å². The van der Waals surface area contributed by atoms with Crippen molar-refractivity contribution in [3.63, 3.8) is 0 Å². The quantitative estimate of drug-likeness (QED) is 0.748. The predicted octanol–water partition coefficient (Wildman–Crippen LogP) is 3.52. The fourth-order valence-electron chi connectivity index (χ4n) is 2.94. The highest BCUT2D eigenvalue weighted by Crippen LogP contribution is 2.31. The van der Waals surface area contributed by atoms with Gasteiger partial charge in [0.2, 0.25) is 0 Å². The van der Waals surface area contributed by atoms with Gasteiger partial charge in [-0.1, -0.05) is 17.4 Å². The molecule has 0 fully saturated rings. The van der Waals surface area contributed by atoms with E-state index in [-0.39, 0.29) is 5.97 Å². The van der Waals surface area contributed by atoms with E-state index in [0.717, 1.165) is 34.9 Å². The maximum Gasteiger partial charge on any atom is 0.350 e. The maximum absolute atomic E-state index is 12.0. The first-order valence-electron chi connectivity index (χ1n) is 7.70. The third-order valence-electron chi connectivity index (χ3n) is 4.13. The topological polar surface area (TPSA) is 55.6 Å². The number of fused-ring (bicyclic) bond motifs is 2. The highest BCUT2D eigenvalue weighted by Gasteiger charge is 2.19. The molecule has 1 aromatic carbocycles. The highest BCUT2D eigenvalue weighted by atomic mass is 32.1. The molecule has 118 valence electrons. The number of hydrogen-bond acceptors (Lipinski definition) is 5. The largest absolute Gasteiger partial charge is 0.462 e. The van der Waals surface area contributed by atoms with Crippen LogP contribution in [0.25, 0.3) is 16.2 Å². The smallest absolute Gasteiger partial charge is 0.350 e. The van der Waals surface area contributed by atoms with Crippen molar-refractivity contribution < 1.29 is 9.53 Å². The summed E-state index contributed by atoms with van der Waals surface area (Å²) in [6.45, 7) is 5.12. The summed E-state index contributed by atoms with van der Waals surface area (Å²) >= 11 is 1.38. The van der Waals surface area contributed by atoms with E-state index < -0.39 is 0 Å². The van der Waals surface area contributed by atoms with Crippen LogP contribution in [0, 0.1) is 6.92 Å². The minimum atomic E-state index is -0.273. The summed E-state index contributed by atoms with van der Waals surface area (Å²) in [5.41, 5.74) is 5.48. The molecule has 0 spiro atoms. The number of aromatic nitrogens is 2. The van der Waals surface area contributed by atoms with Gasteiger partial charge < -0.3 is 10.1 Å². The van der Waals surface area contributed by atoms with E-state index >= 15 is 0 Å². The monoisotopic (exact) mass is 327 g/mol. The van der Waals surface area contributed by atoms with Gasteiger partial charge in [0.05, 0.1) is 12.3 Å². The van der Waals surface area contributed by atoms with Crippen molar-refractivity contribution in [1.29, 1.82) is 0 Å². The molecule has 0 radical (unpaired) electrons. The van der Waals surface area contributed by atoms with Crippen LogP contribution >= 0.6 is 11.3 Å². The first-order valence-corrected chi connectivity index (χ1v) is 8.52. The van der Waals surface area contributed by atoms with Gasteiger partial charge in [0.1, 0.15) is 4.88 Å². The van der Waals surface area contributed by atoms with Crippen LogP contribution in [0.15, 0.2) is 24.4 Å². The third-order valence-corrected chi connectivity index (χ3v) is 5.27. The molecule has 0 saturated carbocycles. The molecule has 0 atom stereocenters. The van der Waals surface area contributed by atoms with Gasteiger partial charge in [-0.25, -0.2) is 9.78 Å². The van der Waals surface area contributed by atoms with Crippen molar-refractivity contribution in [2.24, 2.45) is 0 Å². The van der Waals surface area contributed by atoms with Crippen molar-refractivity contribution in [1.82, 2.24) is 9.38 Å². The summed E-state index contributed by atoms with van der Waals surface area (Å²) in [4.78, 5) is 18.1. The van der Waals surface area contributed by atoms with Crippen molar-refractivity contribution in [3.8, 4) is 11.3 Å². The van der Waals surface area contributed by atoms with Crippen LogP contribution in [0.5, 0.6) is 0 Å². The van der Waals surface area contributed by atoms with Gasteiger partial charge in [0.25, 0.3) is 0 Å². The van der Waals surface area contributed by atoms with Gasteiger partial charge in [-0.05, 0) is 38.0 Å². The number of rotatable bonds is 3. The first-order chi connectivity index (χ1) is 11.2. The van der Waals surface area contributed by atoms with E-state index in [1.807, 2.05) is 24.4 Å². The van der Waals surface area contributed by atoms with Crippen LogP contribution in [-0.2, 0) is 11.2 Å². The van der Waals surface area contributed by atoms with E-state index in [0.29, 0.717) is 11.5 Å². The molecule has 4 rings (SSSR count). The zero-order chi connectivity index (χ0) is 16.0. The maximum atomic E-state index is 12.0. The van der Waals surface area contributed by atoms with Gasteiger partial charge in [0, 0.05) is 29.7 Å². The Morgan fingerprint density at radius 2 is 2.35 bits per heavy atom. The van der Waals surface area contributed by atoms with Gasteiger partial charge in [-0.15, -0.1) is 0 Å². The van der Waals surface area contributed by atoms with Gasteiger partial charge in [-0.2, -0.15) is 0 Å². The molecule has 5 nitrogen and oxygen atoms in total. The summed E-state index contributed by atoms with van der Waals surface area (Å²) < 4.78 is 7.07. The van der Waals surface area contributed by atoms with Crippen molar-refractivity contribution >= 4 is 28.0 Å². The third kappa shape index (κ3) is 2.30. The Morgan fingerprint density at radius 1 is 1.48 bits per heavy atom. The molecule has 0 saturated heterocycles. The molecular weight excluding hydrogens is 310 g/mol. The minimum absolute atomic E-state index is 0.273. The number of esters is 1. The summed E-state index contributed by atoms with van der Waals surface area (Å²) in [6, 6.07) is 6.40. The average molecular weight is 327 g/mol. The summed E-state index contributed by atoms with van der Waals surface area (Å²) in [5, 5.41) is 3.37. The second kappa shape index (κ2) is 5.38. The standard InChI is InChI=1S/C17H17N3O2S/c1-3-22-16(21)15-10(2)20-9-14(19-17(20)23-15)11-4-5-13-12(8-11)6-7-18-13/h4-5,8-9,18H,3,6-7H2,1-2H3. The lowest BCUT2D eigenvalue weighted by atomic mass is 10.1. The Hall–Kier alpha value is -2.34. The SMILES string of the molecule is CCOC(=O)c1sc2nc(-c3ccc4c(c3)CCN4)cn2c1C. The number of benzene rings is 1. The number of carbonyl (C=O) groups is 1. The van der Waals surface area contributed by atoms with Gasteiger partial charge >= 0.3 is 5.97 Å². The van der Waals surface area contributed by atoms with Crippen LogP contribution in [0.3, 0.4) is 0 Å². The van der Waals surface area contributed by atoms with Crippen molar-refractivity contribution in [3.05, 3.63) is 40.5 Å². The molecule has 0 aliphatic carbocycles. The van der Waals surface area contributed by atoms with E-state index in [2.05, 4.69) is 28.5 Å². The van der Waals surface area contributed by atoms with E-state index in [4.69, 9.17) is 4.74 Å². The molecule has 1 aliphatic rings. The second-order valence-electron chi connectivity index (χ2n) is 5.56. The molecule has 0 amide bonds. The number of nitrogens with one attached hydrogen (secondary N) is 1. The van der Waals surface area contributed by atoms with Crippen LogP contribution in [0.1, 0.15) is 27.9 Å². The van der Waals surface area contributed by atoms with Crippen LogP contribution < -0.4 is 5.32 Å². The Morgan fingerprint density at radius 3 is 3.13 bits per heavy atom. The molecule has 2 aromatic heterocycles. The van der Waals surface area contributed by atoms with Crippen molar-refractivity contribution in [2.75, 3.05) is 18.5 Å². The zero-order valence-electron chi connectivity index (χ0n) is 13.0. The number of ether oxygens (including phenoxy) is 1. The Labute approximate surface area is 137 Å². The number of aryl methyl sites for hydroxylation is 1. The fraction of sp³-hybridized carbons (Fsp3) is 0.294. The van der Waals surface area contributed by atoms with Gasteiger partial charge in [0.15, 0.2) is 4.96 Å². The zero-order valence-corrected chi connectivity index (χ0v) is 13.9. The van der Waals surface area contributed by atoms with E-state index in [1.165, 1.54) is 22.6 Å². The molecule has 23 heavy (non-hydrogen) atoms. The molecule has 0 unspecified atom stereocenters. The number of anilines is 1.